The number of hydrogen-bond donors (Lipinski definition) is 4. The fraction of sp³-hybridized carbons (Fsp3) is 0.250. The van der Waals surface area contributed by atoms with Crippen molar-refractivity contribution in [3.8, 4) is 0 Å². The Bertz CT molecular complexity index is 798. The molecule has 1 unspecified atom stereocenters. The molecule has 0 radical (unpaired) electrons. The van der Waals surface area contributed by atoms with Gasteiger partial charge in [0.15, 0.2) is 11.5 Å². The lowest BCUT2D eigenvalue weighted by atomic mass is 10.2. The fourth-order valence-electron chi connectivity index (χ4n) is 2.10. The molecule has 2 amide bonds. The van der Waals surface area contributed by atoms with E-state index in [0.29, 0.717) is 5.69 Å². The summed E-state index contributed by atoms with van der Waals surface area (Å²) < 4.78 is 25.1. The molecule has 0 aliphatic rings. The average molecular weight is 364 g/mol. The van der Waals surface area contributed by atoms with Crippen LogP contribution in [-0.4, -0.2) is 34.2 Å². The van der Waals surface area contributed by atoms with Gasteiger partial charge in [-0.1, -0.05) is 17.7 Å². The number of nitrogens with two attached hydrogens (primary N) is 2. The Labute approximate surface area is 148 Å². The molecule has 26 heavy (non-hydrogen) atoms. The van der Waals surface area contributed by atoms with Crippen LogP contribution in [0.1, 0.15) is 22.5 Å². The van der Waals surface area contributed by atoms with Gasteiger partial charge in [0.25, 0.3) is 5.91 Å². The van der Waals surface area contributed by atoms with Crippen LogP contribution in [0.15, 0.2) is 30.5 Å². The number of rotatable bonds is 8. The van der Waals surface area contributed by atoms with Crippen molar-refractivity contribution in [2.24, 2.45) is 11.5 Å². The zero-order valence-electron chi connectivity index (χ0n) is 13.9. The summed E-state index contributed by atoms with van der Waals surface area (Å²) in [4.78, 5) is 30.8. The van der Waals surface area contributed by atoms with E-state index in [1.807, 2.05) is 19.1 Å². The third kappa shape index (κ3) is 5.10. The molecule has 0 aliphatic heterocycles. The van der Waals surface area contributed by atoms with Crippen molar-refractivity contribution in [2.75, 3.05) is 10.6 Å². The highest BCUT2D eigenvalue weighted by Gasteiger charge is 2.22. The van der Waals surface area contributed by atoms with Gasteiger partial charge in [0.05, 0.1) is 6.20 Å². The normalized spacial score (nSPS) is 11.8. The van der Waals surface area contributed by atoms with E-state index in [-0.39, 0.29) is 17.3 Å². The van der Waals surface area contributed by atoms with E-state index in [0.717, 1.165) is 11.8 Å². The third-order valence-electron chi connectivity index (χ3n) is 3.40. The van der Waals surface area contributed by atoms with Gasteiger partial charge in [-0.05, 0) is 19.1 Å². The molecular formula is C16H18F2N6O2. The van der Waals surface area contributed by atoms with Crippen LogP contribution in [0.5, 0.6) is 0 Å². The van der Waals surface area contributed by atoms with Crippen molar-refractivity contribution in [1.29, 1.82) is 0 Å². The third-order valence-corrected chi connectivity index (χ3v) is 3.40. The summed E-state index contributed by atoms with van der Waals surface area (Å²) in [5, 5.41) is 5.38. The number of benzene rings is 1. The molecule has 0 spiro atoms. The number of aryl methyl sites for hydroxylation is 1. The molecule has 0 fully saturated rings. The van der Waals surface area contributed by atoms with Crippen LogP contribution < -0.4 is 22.1 Å². The molecule has 10 heteroatoms. The van der Waals surface area contributed by atoms with Gasteiger partial charge in [-0.15, -0.1) is 0 Å². The first-order valence-corrected chi connectivity index (χ1v) is 7.60. The number of alkyl halides is 2. The quantitative estimate of drug-likeness (QED) is 0.561. The van der Waals surface area contributed by atoms with E-state index in [4.69, 9.17) is 11.5 Å². The minimum absolute atomic E-state index is 0.00550. The average Bonchev–Trinajstić information content (AvgIpc) is 2.56. The highest BCUT2D eigenvalue weighted by Crippen LogP contribution is 2.20. The van der Waals surface area contributed by atoms with Crippen molar-refractivity contribution < 1.29 is 18.4 Å². The first kappa shape index (κ1) is 19.0. The smallest absolute Gasteiger partial charge is 0.271 e. The predicted octanol–water partition coefficient (Wildman–Crippen LogP) is 1.55. The van der Waals surface area contributed by atoms with Crippen molar-refractivity contribution in [1.82, 2.24) is 9.97 Å². The molecule has 0 saturated heterocycles. The summed E-state index contributed by atoms with van der Waals surface area (Å²) in [5.41, 5.74) is 11.9. The van der Waals surface area contributed by atoms with Crippen LogP contribution in [0.2, 0.25) is 0 Å². The molecule has 1 heterocycles. The number of nitrogens with zero attached hydrogens (tertiary/aromatic N) is 2. The van der Waals surface area contributed by atoms with E-state index < -0.39 is 30.7 Å². The second-order valence-electron chi connectivity index (χ2n) is 5.53. The standard InChI is InChI=1S/C16H18F2N6O2/c1-8-2-4-9(5-3-8)22-16-13(15(20)26)21-7-12(24-16)23-10(14(19)25)6-11(17)18/h2-5,7,10-11H,6H2,1H3,(H2,19,25)(H2,20,26)(H2,22,23,24). The van der Waals surface area contributed by atoms with Gasteiger partial charge in [-0.25, -0.2) is 18.7 Å². The number of halogens is 2. The molecule has 2 aromatic rings. The highest BCUT2D eigenvalue weighted by molar-refractivity contribution is 5.96. The number of amides is 2. The first-order chi connectivity index (χ1) is 12.3. The van der Waals surface area contributed by atoms with Crippen LogP contribution in [0.25, 0.3) is 0 Å². The largest absolute Gasteiger partial charge is 0.368 e. The Morgan fingerprint density at radius 3 is 2.38 bits per heavy atom. The first-order valence-electron chi connectivity index (χ1n) is 7.60. The van der Waals surface area contributed by atoms with Gasteiger partial charge < -0.3 is 22.1 Å². The Balaban J connectivity index is 2.30. The number of anilines is 3. The summed E-state index contributed by atoms with van der Waals surface area (Å²) in [6.45, 7) is 1.91. The zero-order valence-corrected chi connectivity index (χ0v) is 13.9. The Hall–Kier alpha value is -3.30. The van der Waals surface area contributed by atoms with Gasteiger partial charge in [-0.3, -0.25) is 9.59 Å². The van der Waals surface area contributed by atoms with Gasteiger partial charge >= 0.3 is 0 Å². The van der Waals surface area contributed by atoms with E-state index in [1.165, 1.54) is 0 Å². The maximum absolute atomic E-state index is 12.6. The maximum Gasteiger partial charge on any atom is 0.271 e. The van der Waals surface area contributed by atoms with E-state index in [2.05, 4.69) is 20.6 Å². The molecule has 8 nitrogen and oxygen atoms in total. The van der Waals surface area contributed by atoms with Crippen LogP contribution in [-0.2, 0) is 4.79 Å². The van der Waals surface area contributed by atoms with Crippen LogP contribution >= 0.6 is 0 Å². The van der Waals surface area contributed by atoms with E-state index in [1.54, 1.807) is 12.1 Å². The number of aromatic nitrogens is 2. The Morgan fingerprint density at radius 1 is 1.19 bits per heavy atom. The summed E-state index contributed by atoms with van der Waals surface area (Å²) in [6, 6.07) is 5.85. The van der Waals surface area contributed by atoms with Crippen LogP contribution in [0, 0.1) is 6.92 Å². The molecule has 0 aliphatic carbocycles. The van der Waals surface area contributed by atoms with Gasteiger partial charge in [-0.2, -0.15) is 0 Å². The number of nitrogens with one attached hydrogen (secondary N) is 2. The number of carbonyl (C=O) groups is 2. The van der Waals surface area contributed by atoms with Gasteiger partial charge in [0.2, 0.25) is 12.3 Å². The number of primary amides is 2. The summed E-state index contributed by atoms with van der Waals surface area (Å²) in [5.74, 6) is -1.77. The molecule has 6 N–H and O–H groups in total. The zero-order chi connectivity index (χ0) is 19.3. The molecule has 138 valence electrons. The van der Waals surface area contributed by atoms with Crippen LogP contribution in [0.4, 0.5) is 26.1 Å². The molecular weight excluding hydrogens is 346 g/mol. The molecule has 1 aromatic heterocycles. The Kier molecular flexibility index (Phi) is 5.99. The molecule has 1 atom stereocenters. The molecule has 2 rings (SSSR count). The number of hydrogen-bond acceptors (Lipinski definition) is 6. The minimum atomic E-state index is -2.73. The van der Waals surface area contributed by atoms with Gasteiger partial charge in [0.1, 0.15) is 11.9 Å². The van der Waals surface area contributed by atoms with Gasteiger partial charge in [0, 0.05) is 12.1 Å². The monoisotopic (exact) mass is 364 g/mol. The lowest BCUT2D eigenvalue weighted by Crippen LogP contribution is -2.37. The summed E-state index contributed by atoms with van der Waals surface area (Å²) in [6.07, 6.45) is -2.40. The lowest BCUT2D eigenvalue weighted by Gasteiger charge is -2.17. The van der Waals surface area contributed by atoms with Crippen molar-refractivity contribution in [3.05, 3.63) is 41.7 Å². The highest BCUT2D eigenvalue weighted by atomic mass is 19.3. The second-order valence-corrected chi connectivity index (χ2v) is 5.53. The molecule has 1 aromatic carbocycles. The number of carbonyl (C=O) groups excluding carboxylic acids is 2. The SMILES string of the molecule is Cc1ccc(Nc2nc(NC(CC(F)F)C(N)=O)cnc2C(N)=O)cc1. The lowest BCUT2D eigenvalue weighted by molar-refractivity contribution is -0.119. The van der Waals surface area contributed by atoms with Crippen molar-refractivity contribution in [2.45, 2.75) is 25.8 Å². The van der Waals surface area contributed by atoms with Crippen LogP contribution in [0.3, 0.4) is 0 Å². The molecule has 0 bridgehead atoms. The Morgan fingerprint density at radius 2 is 1.85 bits per heavy atom. The summed E-state index contributed by atoms with van der Waals surface area (Å²) in [7, 11) is 0. The van der Waals surface area contributed by atoms with Crippen molar-refractivity contribution >= 4 is 29.1 Å². The van der Waals surface area contributed by atoms with E-state index >= 15 is 0 Å². The van der Waals surface area contributed by atoms with Crippen molar-refractivity contribution in [3.63, 3.8) is 0 Å². The predicted molar refractivity (Wildman–Crippen MR) is 92.2 cm³/mol. The summed E-state index contributed by atoms with van der Waals surface area (Å²) >= 11 is 0. The fourth-order valence-corrected chi connectivity index (χ4v) is 2.10. The minimum Gasteiger partial charge on any atom is -0.368 e. The van der Waals surface area contributed by atoms with E-state index in [9.17, 15) is 18.4 Å². The maximum atomic E-state index is 12.6. The second kappa shape index (κ2) is 8.19. The molecule has 0 saturated carbocycles. The topological polar surface area (TPSA) is 136 Å².